The van der Waals surface area contributed by atoms with E-state index in [1.165, 1.54) is 12.8 Å². The van der Waals surface area contributed by atoms with Crippen molar-refractivity contribution in [3.05, 3.63) is 0 Å². The Labute approximate surface area is 86.6 Å². The molecule has 0 aromatic rings. The molecule has 0 bridgehead atoms. The van der Waals surface area contributed by atoms with Gasteiger partial charge >= 0.3 is 0 Å². The minimum absolute atomic E-state index is 0.194. The summed E-state index contributed by atoms with van der Waals surface area (Å²) in [6.07, 6.45) is 2.97. The summed E-state index contributed by atoms with van der Waals surface area (Å²) in [5.41, 5.74) is 0. The highest BCUT2D eigenvalue weighted by atomic mass is 16.1. The smallest absolute Gasteiger partial charge is 0.221 e. The molecule has 1 aliphatic rings. The van der Waals surface area contributed by atoms with Crippen molar-refractivity contribution in [3.8, 4) is 0 Å². The van der Waals surface area contributed by atoms with Crippen molar-refractivity contribution in [1.29, 1.82) is 0 Å². The van der Waals surface area contributed by atoms with Gasteiger partial charge in [-0.1, -0.05) is 27.2 Å². The van der Waals surface area contributed by atoms with Crippen LogP contribution in [-0.2, 0) is 4.79 Å². The van der Waals surface area contributed by atoms with Gasteiger partial charge in [0.2, 0.25) is 5.91 Å². The molecule has 2 atom stereocenters. The Morgan fingerprint density at radius 3 is 2.71 bits per heavy atom. The number of carbonyl (C=O) groups excluding carboxylic acids is 1. The molecule has 0 aromatic heterocycles. The van der Waals surface area contributed by atoms with E-state index >= 15 is 0 Å². The lowest BCUT2D eigenvalue weighted by Gasteiger charge is -2.08. The van der Waals surface area contributed by atoms with Crippen molar-refractivity contribution in [2.24, 2.45) is 5.92 Å². The molecule has 1 fully saturated rings. The topological polar surface area (TPSA) is 41.1 Å². The Balaban J connectivity index is 2.00. The molecule has 0 spiro atoms. The SMILES string of the molecule is CCC1CC1NC(=O)CCNC(C)C. The van der Waals surface area contributed by atoms with Crippen LogP contribution in [0.2, 0.25) is 0 Å². The molecule has 3 heteroatoms. The van der Waals surface area contributed by atoms with Gasteiger partial charge in [-0.3, -0.25) is 4.79 Å². The van der Waals surface area contributed by atoms with E-state index in [0.717, 1.165) is 12.5 Å². The summed E-state index contributed by atoms with van der Waals surface area (Å²) in [6, 6.07) is 0.943. The van der Waals surface area contributed by atoms with Crippen LogP contribution in [0.4, 0.5) is 0 Å². The van der Waals surface area contributed by atoms with Gasteiger partial charge in [-0.05, 0) is 12.3 Å². The zero-order valence-electron chi connectivity index (χ0n) is 9.47. The van der Waals surface area contributed by atoms with E-state index in [1.54, 1.807) is 0 Å². The average molecular weight is 198 g/mol. The van der Waals surface area contributed by atoms with Gasteiger partial charge in [-0.2, -0.15) is 0 Å². The lowest BCUT2D eigenvalue weighted by atomic mass is 10.3. The molecule has 1 saturated carbocycles. The van der Waals surface area contributed by atoms with Crippen molar-refractivity contribution in [2.45, 2.75) is 52.1 Å². The maximum atomic E-state index is 11.4. The van der Waals surface area contributed by atoms with Gasteiger partial charge in [0.15, 0.2) is 0 Å². The van der Waals surface area contributed by atoms with E-state index < -0.39 is 0 Å². The van der Waals surface area contributed by atoms with E-state index in [-0.39, 0.29) is 5.91 Å². The summed E-state index contributed by atoms with van der Waals surface area (Å²) in [6.45, 7) is 7.14. The Hall–Kier alpha value is -0.570. The lowest BCUT2D eigenvalue weighted by Crippen LogP contribution is -2.32. The number of nitrogens with one attached hydrogen (secondary N) is 2. The zero-order valence-corrected chi connectivity index (χ0v) is 9.47. The van der Waals surface area contributed by atoms with Crippen molar-refractivity contribution < 1.29 is 4.79 Å². The first kappa shape index (κ1) is 11.5. The fraction of sp³-hybridized carbons (Fsp3) is 0.909. The van der Waals surface area contributed by atoms with Gasteiger partial charge in [0.25, 0.3) is 0 Å². The van der Waals surface area contributed by atoms with Gasteiger partial charge < -0.3 is 10.6 Å². The van der Waals surface area contributed by atoms with Crippen molar-refractivity contribution >= 4 is 5.91 Å². The first-order chi connectivity index (χ1) is 6.63. The minimum atomic E-state index is 0.194. The number of carbonyl (C=O) groups is 1. The largest absolute Gasteiger partial charge is 0.353 e. The second kappa shape index (κ2) is 5.35. The molecule has 2 N–H and O–H groups in total. The van der Waals surface area contributed by atoms with E-state index in [2.05, 4.69) is 31.4 Å². The highest BCUT2D eigenvalue weighted by molar-refractivity contribution is 5.76. The molecule has 0 heterocycles. The van der Waals surface area contributed by atoms with Crippen molar-refractivity contribution in [2.75, 3.05) is 6.54 Å². The van der Waals surface area contributed by atoms with Crippen LogP contribution in [0.15, 0.2) is 0 Å². The molecular weight excluding hydrogens is 176 g/mol. The van der Waals surface area contributed by atoms with Crippen molar-refractivity contribution in [1.82, 2.24) is 10.6 Å². The Bertz CT molecular complexity index is 192. The van der Waals surface area contributed by atoms with Gasteiger partial charge in [0.05, 0.1) is 0 Å². The summed E-state index contributed by atoms with van der Waals surface area (Å²) in [4.78, 5) is 11.4. The summed E-state index contributed by atoms with van der Waals surface area (Å²) in [7, 11) is 0. The molecule has 1 amide bonds. The summed E-state index contributed by atoms with van der Waals surface area (Å²) < 4.78 is 0. The first-order valence-corrected chi connectivity index (χ1v) is 5.66. The normalized spacial score (nSPS) is 25.1. The van der Waals surface area contributed by atoms with Gasteiger partial charge in [-0.15, -0.1) is 0 Å². The Morgan fingerprint density at radius 1 is 1.50 bits per heavy atom. The third kappa shape index (κ3) is 4.09. The zero-order chi connectivity index (χ0) is 10.6. The van der Waals surface area contributed by atoms with Gasteiger partial charge in [-0.25, -0.2) is 0 Å². The van der Waals surface area contributed by atoms with E-state index in [1.807, 2.05) is 0 Å². The van der Waals surface area contributed by atoms with Crippen LogP contribution in [0.1, 0.15) is 40.0 Å². The predicted molar refractivity (Wildman–Crippen MR) is 58.1 cm³/mol. The number of hydrogen-bond acceptors (Lipinski definition) is 2. The standard InChI is InChI=1S/C11H22N2O/c1-4-9-7-10(9)13-11(14)5-6-12-8(2)3/h8-10,12H,4-7H2,1-3H3,(H,13,14). The molecule has 1 rings (SSSR count). The van der Waals surface area contributed by atoms with E-state index in [9.17, 15) is 4.79 Å². The highest BCUT2D eigenvalue weighted by Crippen LogP contribution is 2.32. The fourth-order valence-electron chi connectivity index (χ4n) is 1.63. The average Bonchev–Trinajstić information content (AvgIpc) is 2.82. The molecule has 0 radical (unpaired) electrons. The quantitative estimate of drug-likeness (QED) is 0.675. The predicted octanol–water partition coefficient (Wildman–Crippen LogP) is 1.29. The van der Waals surface area contributed by atoms with Gasteiger partial charge in [0.1, 0.15) is 0 Å². The van der Waals surface area contributed by atoms with Crippen LogP contribution in [0.5, 0.6) is 0 Å². The molecule has 3 nitrogen and oxygen atoms in total. The lowest BCUT2D eigenvalue weighted by molar-refractivity contribution is -0.121. The van der Waals surface area contributed by atoms with E-state index in [0.29, 0.717) is 18.5 Å². The van der Waals surface area contributed by atoms with Gasteiger partial charge in [0, 0.05) is 25.0 Å². The number of rotatable bonds is 6. The first-order valence-electron chi connectivity index (χ1n) is 5.66. The minimum Gasteiger partial charge on any atom is -0.353 e. The molecule has 0 aliphatic heterocycles. The Kier molecular flexibility index (Phi) is 4.39. The van der Waals surface area contributed by atoms with Crippen LogP contribution in [0.25, 0.3) is 0 Å². The molecule has 0 saturated heterocycles. The fourth-order valence-corrected chi connectivity index (χ4v) is 1.63. The molecule has 2 unspecified atom stereocenters. The number of amides is 1. The van der Waals surface area contributed by atoms with Crippen LogP contribution in [0.3, 0.4) is 0 Å². The second-order valence-electron chi connectivity index (χ2n) is 4.44. The third-order valence-corrected chi connectivity index (χ3v) is 2.70. The monoisotopic (exact) mass is 198 g/mol. The summed E-state index contributed by atoms with van der Waals surface area (Å²) in [5, 5.41) is 6.28. The molecule has 1 aliphatic carbocycles. The van der Waals surface area contributed by atoms with Crippen molar-refractivity contribution in [3.63, 3.8) is 0 Å². The molecular formula is C11H22N2O. The maximum Gasteiger partial charge on any atom is 0.221 e. The molecule has 82 valence electrons. The molecule has 14 heavy (non-hydrogen) atoms. The molecule has 0 aromatic carbocycles. The Morgan fingerprint density at radius 2 is 2.21 bits per heavy atom. The third-order valence-electron chi connectivity index (χ3n) is 2.70. The highest BCUT2D eigenvalue weighted by Gasteiger charge is 2.36. The number of hydrogen-bond donors (Lipinski definition) is 2. The second-order valence-corrected chi connectivity index (χ2v) is 4.44. The summed E-state index contributed by atoms with van der Waals surface area (Å²) >= 11 is 0. The van der Waals surface area contributed by atoms with Crippen LogP contribution >= 0.6 is 0 Å². The van der Waals surface area contributed by atoms with Crippen LogP contribution < -0.4 is 10.6 Å². The summed E-state index contributed by atoms with van der Waals surface area (Å²) in [5.74, 6) is 0.941. The van der Waals surface area contributed by atoms with E-state index in [4.69, 9.17) is 0 Å². The van der Waals surface area contributed by atoms with Crippen LogP contribution in [0, 0.1) is 5.92 Å². The maximum absolute atomic E-state index is 11.4. The van der Waals surface area contributed by atoms with Crippen LogP contribution in [-0.4, -0.2) is 24.5 Å².